The van der Waals surface area contributed by atoms with Crippen molar-refractivity contribution >= 4 is 28.3 Å². The molecule has 2 unspecified atom stereocenters. The van der Waals surface area contributed by atoms with Gasteiger partial charge in [0, 0.05) is 43.4 Å². The predicted molar refractivity (Wildman–Crippen MR) is 158 cm³/mol. The molecule has 0 saturated carbocycles. The molecule has 0 saturated heterocycles. The zero-order valence-corrected chi connectivity index (χ0v) is 25.1. The summed E-state index contributed by atoms with van der Waals surface area (Å²) in [7, 11) is 3.30. The fourth-order valence-corrected chi connectivity index (χ4v) is 4.73. The molecule has 3 aromatic rings. The zero-order valence-electron chi connectivity index (χ0n) is 24.2. The third kappa shape index (κ3) is 11.2. The van der Waals surface area contributed by atoms with Gasteiger partial charge in [0.05, 0.1) is 17.9 Å². The van der Waals surface area contributed by atoms with Gasteiger partial charge in [0.15, 0.2) is 5.13 Å². The maximum Gasteiger partial charge on any atom is 0.253 e. The van der Waals surface area contributed by atoms with Crippen molar-refractivity contribution in [2.45, 2.75) is 65.8 Å². The van der Waals surface area contributed by atoms with E-state index < -0.39 is 12.5 Å². The van der Waals surface area contributed by atoms with E-state index in [4.69, 9.17) is 4.74 Å². The van der Waals surface area contributed by atoms with Gasteiger partial charge in [-0.25, -0.2) is 13.8 Å². The molecule has 10 heteroatoms. The third-order valence-electron chi connectivity index (χ3n) is 6.23. The topological polar surface area (TPSA) is 85.2 Å². The van der Waals surface area contributed by atoms with E-state index in [-0.39, 0.29) is 24.3 Å². The standard InChI is InChI=1S/C20H22N4O3S.C10H20F2/c1-13-5-4-6-14(9-13)17-12-28-20(22-17)23-19(26)16(11-27-3)21-18(25)15-7-8-24(2)10-15;1-4-5-9(10(11)12)7-6-8(2)3/h4-10,12,16H,11H2,1-3H3,(H,21,25)(H,22,23,26);8-10H,4-7H2,1-3H3. The molecule has 2 N–H and O–H groups in total. The second-order valence-corrected chi connectivity index (χ2v) is 11.2. The molecule has 7 nitrogen and oxygen atoms in total. The molecule has 0 aliphatic heterocycles. The van der Waals surface area contributed by atoms with Crippen molar-refractivity contribution in [1.29, 1.82) is 0 Å². The Morgan fingerprint density at radius 1 is 1.15 bits per heavy atom. The molecule has 0 bridgehead atoms. The Bertz CT molecular complexity index is 1200. The van der Waals surface area contributed by atoms with Gasteiger partial charge in [0.2, 0.25) is 6.43 Å². The van der Waals surface area contributed by atoms with Crippen molar-refractivity contribution in [2.75, 3.05) is 19.0 Å². The number of anilines is 1. The van der Waals surface area contributed by atoms with Crippen molar-refractivity contribution in [3.8, 4) is 11.3 Å². The van der Waals surface area contributed by atoms with Gasteiger partial charge < -0.3 is 19.9 Å². The largest absolute Gasteiger partial charge is 0.382 e. The number of aromatic nitrogens is 2. The second kappa shape index (κ2) is 16.9. The normalized spacial score (nSPS) is 12.6. The SMILES string of the molecule is CCCC(CCC(C)C)C(F)F.COCC(NC(=O)c1ccn(C)c1)C(=O)Nc1nc(-c2cccc(C)c2)cs1. The highest BCUT2D eigenvalue weighted by Crippen LogP contribution is 2.26. The lowest BCUT2D eigenvalue weighted by Crippen LogP contribution is -2.46. The summed E-state index contributed by atoms with van der Waals surface area (Å²) in [6.45, 7) is 8.19. The van der Waals surface area contributed by atoms with Gasteiger partial charge in [-0.05, 0) is 37.8 Å². The minimum Gasteiger partial charge on any atom is -0.382 e. The Morgan fingerprint density at radius 2 is 1.90 bits per heavy atom. The van der Waals surface area contributed by atoms with Crippen LogP contribution in [0.3, 0.4) is 0 Å². The maximum absolute atomic E-state index is 12.6. The van der Waals surface area contributed by atoms with Gasteiger partial charge in [0.25, 0.3) is 11.8 Å². The molecular formula is C30H42F2N4O3S. The molecule has 0 aliphatic rings. The third-order valence-corrected chi connectivity index (χ3v) is 6.99. The summed E-state index contributed by atoms with van der Waals surface area (Å²) in [5, 5.41) is 7.82. The number of amides is 2. The molecule has 1 aromatic carbocycles. The molecule has 40 heavy (non-hydrogen) atoms. The van der Waals surface area contributed by atoms with Crippen LogP contribution in [-0.2, 0) is 16.6 Å². The number of methoxy groups -OCH3 is 1. The number of thiazole rings is 1. The second-order valence-electron chi connectivity index (χ2n) is 10.3. The van der Waals surface area contributed by atoms with Crippen LogP contribution in [0.5, 0.6) is 0 Å². The fraction of sp³-hybridized carbons (Fsp3) is 0.500. The minimum atomic E-state index is -2.12. The van der Waals surface area contributed by atoms with Crippen LogP contribution < -0.4 is 10.6 Å². The van der Waals surface area contributed by atoms with Gasteiger partial charge in [-0.3, -0.25) is 9.59 Å². The maximum atomic E-state index is 12.6. The first-order chi connectivity index (χ1) is 19.0. The predicted octanol–water partition coefficient (Wildman–Crippen LogP) is 6.94. The van der Waals surface area contributed by atoms with Gasteiger partial charge >= 0.3 is 0 Å². The highest BCUT2D eigenvalue weighted by molar-refractivity contribution is 7.14. The summed E-state index contributed by atoms with van der Waals surface area (Å²) in [5.74, 6) is -0.533. The van der Waals surface area contributed by atoms with Crippen LogP contribution in [0.25, 0.3) is 11.3 Å². The molecular weight excluding hydrogens is 534 g/mol. The molecule has 0 radical (unpaired) electrons. The van der Waals surface area contributed by atoms with Gasteiger partial charge in [0.1, 0.15) is 6.04 Å². The highest BCUT2D eigenvalue weighted by Gasteiger charge is 2.23. The summed E-state index contributed by atoms with van der Waals surface area (Å²) in [6, 6.07) is 8.85. The molecule has 2 atom stereocenters. The zero-order chi connectivity index (χ0) is 29.7. The first kappa shape index (κ1) is 33.1. The summed E-state index contributed by atoms with van der Waals surface area (Å²) in [4.78, 5) is 29.5. The number of aryl methyl sites for hydroxylation is 2. The Kier molecular flexibility index (Phi) is 14.0. The quantitative estimate of drug-likeness (QED) is 0.231. The van der Waals surface area contributed by atoms with Crippen molar-refractivity contribution in [3.63, 3.8) is 0 Å². The van der Waals surface area contributed by atoms with E-state index in [9.17, 15) is 18.4 Å². The van der Waals surface area contributed by atoms with E-state index in [1.165, 1.54) is 18.4 Å². The number of carbonyl (C=O) groups is 2. The summed E-state index contributed by atoms with van der Waals surface area (Å²) in [6.07, 6.45) is 4.48. The summed E-state index contributed by atoms with van der Waals surface area (Å²) in [5.41, 5.74) is 3.40. The lowest BCUT2D eigenvalue weighted by Gasteiger charge is -2.16. The fourth-order valence-electron chi connectivity index (χ4n) is 4.00. The number of alkyl halides is 2. The van der Waals surface area contributed by atoms with Crippen molar-refractivity contribution in [2.24, 2.45) is 18.9 Å². The Hall–Kier alpha value is -3.11. The van der Waals surface area contributed by atoms with Crippen molar-refractivity contribution < 1.29 is 23.1 Å². The van der Waals surface area contributed by atoms with Crippen LogP contribution in [-0.4, -0.2) is 47.5 Å². The molecule has 220 valence electrons. The monoisotopic (exact) mass is 576 g/mol. The number of halogens is 2. The average molecular weight is 577 g/mol. The molecule has 2 amide bonds. The van der Waals surface area contributed by atoms with Crippen LogP contribution in [0.1, 0.15) is 62.4 Å². The van der Waals surface area contributed by atoms with Crippen LogP contribution in [0.4, 0.5) is 13.9 Å². The van der Waals surface area contributed by atoms with Gasteiger partial charge in [-0.2, -0.15) is 0 Å². The Morgan fingerprint density at radius 3 is 2.48 bits per heavy atom. The van der Waals surface area contributed by atoms with Crippen LogP contribution in [0, 0.1) is 18.8 Å². The smallest absolute Gasteiger partial charge is 0.253 e. The van der Waals surface area contributed by atoms with E-state index in [1.54, 1.807) is 23.0 Å². The lowest BCUT2D eigenvalue weighted by molar-refractivity contribution is -0.119. The molecule has 2 heterocycles. The number of nitrogens with one attached hydrogen (secondary N) is 2. The Labute approximate surface area is 240 Å². The first-order valence-electron chi connectivity index (χ1n) is 13.6. The van der Waals surface area contributed by atoms with Crippen LogP contribution in [0.15, 0.2) is 48.1 Å². The van der Waals surface area contributed by atoms with Crippen molar-refractivity contribution in [1.82, 2.24) is 14.9 Å². The van der Waals surface area contributed by atoms with Gasteiger partial charge in [-0.15, -0.1) is 11.3 Å². The molecule has 0 spiro atoms. The van der Waals surface area contributed by atoms with Crippen LogP contribution in [0.2, 0.25) is 0 Å². The van der Waals surface area contributed by atoms with Gasteiger partial charge in [-0.1, -0.05) is 57.4 Å². The molecule has 0 aliphatic carbocycles. The summed E-state index contributed by atoms with van der Waals surface area (Å²) >= 11 is 1.33. The number of hydrogen-bond donors (Lipinski definition) is 2. The van der Waals surface area contributed by atoms with E-state index >= 15 is 0 Å². The minimum absolute atomic E-state index is 0.0561. The van der Waals surface area contributed by atoms with Crippen molar-refractivity contribution in [3.05, 3.63) is 59.2 Å². The molecule has 3 rings (SSSR count). The molecule has 2 aromatic heterocycles. The number of ether oxygens (including phenoxy) is 1. The van der Waals surface area contributed by atoms with E-state index in [0.29, 0.717) is 29.5 Å². The average Bonchev–Trinajstić information content (AvgIpc) is 3.55. The summed E-state index contributed by atoms with van der Waals surface area (Å²) < 4.78 is 31.5. The van der Waals surface area contributed by atoms with Crippen LogP contribution >= 0.6 is 11.3 Å². The highest BCUT2D eigenvalue weighted by atomic mass is 32.1. The first-order valence-corrected chi connectivity index (χ1v) is 14.4. The number of benzene rings is 1. The number of nitrogens with zero attached hydrogens (tertiary/aromatic N) is 2. The lowest BCUT2D eigenvalue weighted by atomic mass is 9.94. The number of carbonyl (C=O) groups excluding carboxylic acids is 2. The molecule has 0 fully saturated rings. The van der Waals surface area contributed by atoms with E-state index in [2.05, 4.69) is 29.5 Å². The van der Waals surface area contributed by atoms with E-state index in [0.717, 1.165) is 29.7 Å². The number of rotatable bonds is 13. The number of hydrogen-bond acceptors (Lipinski definition) is 5. The van der Waals surface area contributed by atoms with E-state index in [1.807, 2.05) is 50.5 Å². The Balaban J connectivity index is 0.000000395.